The van der Waals surface area contributed by atoms with Crippen molar-refractivity contribution in [3.63, 3.8) is 0 Å². The van der Waals surface area contributed by atoms with Crippen LogP contribution in [-0.2, 0) is 0 Å². The van der Waals surface area contributed by atoms with Gasteiger partial charge in [0.2, 0.25) is 0 Å². The summed E-state index contributed by atoms with van der Waals surface area (Å²) in [7, 11) is 0. The summed E-state index contributed by atoms with van der Waals surface area (Å²) in [5.74, 6) is -0.181. The van der Waals surface area contributed by atoms with Crippen LogP contribution < -0.4 is 5.32 Å². The van der Waals surface area contributed by atoms with Crippen molar-refractivity contribution in [1.29, 1.82) is 0 Å². The average Bonchev–Trinajstić information content (AvgIpc) is 2.88. The van der Waals surface area contributed by atoms with Gasteiger partial charge in [-0.2, -0.15) is 0 Å². The minimum Gasteiger partial charge on any atom is -0.306 e. The molecule has 4 heteroatoms. The van der Waals surface area contributed by atoms with Crippen LogP contribution in [0.1, 0.15) is 29.8 Å². The summed E-state index contributed by atoms with van der Waals surface area (Å²) >= 11 is 4.89. The maximum atomic E-state index is 14.2. The third-order valence-corrected chi connectivity index (χ3v) is 4.27. The summed E-state index contributed by atoms with van der Waals surface area (Å²) in [6.45, 7) is 2.98. The van der Waals surface area contributed by atoms with Crippen LogP contribution in [0.15, 0.2) is 40.2 Å². The van der Waals surface area contributed by atoms with Crippen LogP contribution in [-0.4, -0.2) is 6.54 Å². The highest BCUT2D eigenvalue weighted by Crippen LogP contribution is 2.30. The van der Waals surface area contributed by atoms with Crippen molar-refractivity contribution in [3.8, 4) is 0 Å². The van der Waals surface area contributed by atoms with E-state index >= 15 is 0 Å². The van der Waals surface area contributed by atoms with Gasteiger partial charge in [0.25, 0.3) is 0 Å². The first-order chi connectivity index (χ1) is 8.74. The summed E-state index contributed by atoms with van der Waals surface area (Å²) in [6.07, 6.45) is 1.03. The standard InChI is InChI=1S/C14H15BrFNS/c1-2-8-17-14(12-7-4-9-18-12)10-5-3-6-11(15)13(10)16/h3-7,9,14,17H,2,8H2,1H3. The Morgan fingerprint density at radius 3 is 2.83 bits per heavy atom. The zero-order valence-electron chi connectivity index (χ0n) is 10.1. The van der Waals surface area contributed by atoms with Crippen molar-refractivity contribution in [2.24, 2.45) is 0 Å². The van der Waals surface area contributed by atoms with E-state index in [0.717, 1.165) is 17.8 Å². The molecule has 0 aliphatic rings. The molecule has 1 heterocycles. The molecule has 0 spiro atoms. The van der Waals surface area contributed by atoms with Gasteiger partial charge in [0.15, 0.2) is 0 Å². The van der Waals surface area contributed by atoms with E-state index in [1.807, 2.05) is 29.6 Å². The van der Waals surface area contributed by atoms with Gasteiger partial charge in [-0.05, 0) is 46.4 Å². The predicted molar refractivity (Wildman–Crippen MR) is 78.6 cm³/mol. The number of halogens is 2. The SMILES string of the molecule is CCCNC(c1cccs1)c1cccc(Br)c1F. The largest absolute Gasteiger partial charge is 0.306 e. The van der Waals surface area contributed by atoms with E-state index in [-0.39, 0.29) is 11.9 Å². The molecule has 2 rings (SSSR count). The van der Waals surface area contributed by atoms with E-state index in [4.69, 9.17) is 0 Å². The lowest BCUT2D eigenvalue weighted by Gasteiger charge is -2.18. The number of thiophene rings is 1. The monoisotopic (exact) mass is 327 g/mol. The van der Waals surface area contributed by atoms with Gasteiger partial charge >= 0.3 is 0 Å². The molecule has 0 bridgehead atoms. The van der Waals surface area contributed by atoms with Crippen LogP contribution in [0.25, 0.3) is 0 Å². The number of hydrogen-bond acceptors (Lipinski definition) is 2. The minimum absolute atomic E-state index is 0.0672. The molecule has 0 saturated carbocycles. The molecular weight excluding hydrogens is 313 g/mol. The van der Waals surface area contributed by atoms with Gasteiger partial charge in [-0.15, -0.1) is 11.3 Å². The fourth-order valence-corrected chi connectivity index (χ4v) is 3.05. The lowest BCUT2D eigenvalue weighted by Crippen LogP contribution is -2.23. The highest BCUT2D eigenvalue weighted by Gasteiger charge is 2.19. The molecule has 0 radical (unpaired) electrons. The molecule has 1 N–H and O–H groups in total. The van der Waals surface area contributed by atoms with Gasteiger partial charge in [0, 0.05) is 10.4 Å². The van der Waals surface area contributed by atoms with Crippen LogP contribution in [0.3, 0.4) is 0 Å². The first-order valence-electron chi connectivity index (χ1n) is 5.94. The van der Waals surface area contributed by atoms with Crippen LogP contribution in [0.5, 0.6) is 0 Å². The summed E-state index contributed by atoms with van der Waals surface area (Å²) < 4.78 is 14.7. The van der Waals surface area contributed by atoms with Crippen molar-refractivity contribution >= 4 is 27.3 Å². The summed E-state index contributed by atoms with van der Waals surface area (Å²) in [4.78, 5) is 1.14. The lowest BCUT2D eigenvalue weighted by atomic mass is 10.0. The second kappa shape index (κ2) is 6.45. The Kier molecular flexibility index (Phi) is 4.92. The maximum absolute atomic E-state index is 14.2. The van der Waals surface area contributed by atoms with Gasteiger partial charge in [-0.25, -0.2) is 4.39 Å². The van der Waals surface area contributed by atoms with E-state index in [1.54, 1.807) is 17.4 Å². The quantitative estimate of drug-likeness (QED) is 0.836. The first-order valence-corrected chi connectivity index (χ1v) is 7.62. The highest BCUT2D eigenvalue weighted by atomic mass is 79.9. The lowest BCUT2D eigenvalue weighted by molar-refractivity contribution is 0.547. The molecule has 1 nitrogen and oxygen atoms in total. The van der Waals surface area contributed by atoms with Gasteiger partial charge in [0.1, 0.15) is 5.82 Å². The molecule has 1 aromatic heterocycles. The number of rotatable bonds is 5. The summed E-state index contributed by atoms with van der Waals surface area (Å²) in [5.41, 5.74) is 0.695. The van der Waals surface area contributed by atoms with E-state index in [1.165, 1.54) is 0 Å². The third-order valence-electron chi connectivity index (χ3n) is 2.72. The zero-order chi connectivity index (χ0) is 13.0. The van der Waals surface area contributed by atoms with Crippen molar-refractivity contribution in [2.45, 2.75) is 19.4 Å². The van der Waals surface area contributed by atoms with Crippen LogP contribution >= 0.6 is 27.3 Å². The highest BCUT2D eigenvalue weighted by molar-refractivity contribution is 9.10. The second-order valence-electron chi connectivity index (χ2n) is 4.05. The normalized spacial score (nSPS) is 12.6. The molecule has 0 amide bonds. The third kappa shape index (κ3) is 2.99. The summed E-state index contributed by atoms with van der Waals surface area (Å²) in [6, 6.07) is 9.41. The van der Waals surface area contributed by atoms with Crippen molar-refractivity contribution in [3.05, 3.63) is 56.4 Å². The van der Waals surface area contributed by atoms with Crippen LogP contribution in [0.4, 0.5) is 4.39 Å². The molecule has 0 aliphatic heterocycles. The van der Waals surface area contributed by atoms with E-state index in [9.17, 15) is 4.39 Å². The van der Waals surface area contributed by atoms with E-state index in [2.05, 4.69) is 28.2 Å². The molecule has 96 valence electrons. The summed E-state index contributed by atoms with van der Waals surface area (Å²) in [5, 5.41) is 5.43. The van der Waals surface area contributed by atoms with Gasteiger partial charge in [-0.1, -0.05) is 25.1 Å². The number of benzene rings is 1. The van der Waals surface area contributed by atoms with Crippen molar-refractivity contribution in [1.82, 2.24) is 5.32 Å². The first kappa shape index (κ1) is 13.7. The topological polar surface area (TPSA) is 12.0 Å². The Hall–Kier alpha value is -0.710. The second-order valence-corrected chi connectivity index (χ2v) is 5.88. The Balaban J connectivity index is 2.37. The maximum Gasteiger partial charge on any atom is 0.142 e. The Bertz CT molecular complexity index is 499. The number of hydrogen-bond donors (Lipinski definition) is 1. The van der Waals surface area contributed by atoms with Gasteiger partial charge in [-0.3, -0.25) is 0 Å². The van der Waals surface area contributed by atoms with E-state index in [0.29, 0.717) is 10.0 Å². The molecule has 2 aromatic rings. The van der Waals surface area contributed by atoms with Crippen molar-refractivity contribution in [2.75, 3.05) is 6.54 Å². The van der Waals surface area contributed by atoms with Gasteiger partial charge < -0.3 is 5.32 Å². The van der Waals surface area contributed by atoms with Crippen molar-refractivity contribution < 1.29 is 4.39 Å². The molecule has 0 fully saturated rings. The Morgan fingerprint density at radius 2 is 2.17 bits per heavy atom. The van der Waals surface area contributed by atoms with Crippen LogP contribution in [0, 0.1) is 5.82 Å². The van der Waals surface area contributed by atoms with Gasteiger partial charge in [0.05, 0.1) is 10.5 Å². The predicted octanol–water partition coefficient (Wildman–Crippen LogP) is 4.74. The van der Waals surface area contributed by atoms with Crippen LogP contribution in [0.2, 0.25) is 0 Å². The molecule has 18 heavy (non-hydrogen) atoms. The molecule has 0 saturated heterocycles. The average molecular weight is 328 g/mol. The molecule has 1 aromatic carbocycles. The zero-order valence-corrected chi connectivity index (χ0v) is 12.5. The Morgan fingerprint density at radius 1 is 1.33 bits per heavy atom. The fourth-order valence-electron chi connectivity index (χ4n) is 1.85. The minimum atomic E-state index is -0.181. The molecule has 0 aliphatic carbocycles. The molecule has 1 unspecified atom stereocenters. The number of nitrogens with one attached hydrogen (secondary N) is 1. The Labute approximate surface area is 119 Å². The fraction of sp³-hybridized carbons (Fsp3) is 0.286. The molecular formula is C14H15BrFNS. The molecule has 1 atom stereocenters. The smallest absolute Gasteiger partial charge is 0.142 e. The van der Waals surface area contributed by atoms with E-state index < -0.39 is 0 Å².